The van der Waals surface area contributed by atoms with E-state index in [2.05, 4.69) is 23.8 Å². The third-order valence-electron chi connectivity index (χ3n) is 5.27. The Morgan fingerprint density at radius 2 is 1.97 bits per heavy atom. The van der Waals surface area contributed by atoms with Crippen LogP contribution in [0.25, 0.3) is 27.2 Å². The van der Waals surface area contributed by atoms with Crippen LogP contribution in [0.1, 0.15) is 65.0 Å². The van der Waals surface area contributed by atoms with Gasteiger partial charge < -0.3 is 11.1 Å². The van der Waals surface area contributed by atoms with Gasteiger partial charge in [-0.3, -0.25) is 0 Å². The van der Waals surface area contributed by atoms with Gasteiger partial charge in [-0.15, -0.1) is 23.1 Å². The summed E-state index contributed by atoms with van der Waals surface area (Å²) < 4.78 is 1.13. The monoisotopic (exact) mass is 453 g/mol. The largest absolute Gasteiger partial charge is 0.397 e. The van der Waals surface area contributed by atoms with Crippen molar-refractivity contribution in [3.63, 3.8) is 0 Å². The molecule has 4 rings (SSSR count). The van der Waals surface area contributed by atoms with E-state index in [0.29, 0.717) is 11.1 Å². The molecule has 1 aliphatic rings. The highest BCUT2D eigenvalue weighted by Gasteiger charge is 2.24. The number of rotatable bonds is 7. The average Bonchev–Trinajstić information content (AvgIpc) is 3.08. The Morgan fingerprint density at radius 3 is 2.48 bits per heavy atom. The zero-order valence-electron chi connectivity index (χ0n) is 18.5. The topological polar surface area (TPSA) is 88.5 Å². The minimum absolute atomic E-state index is 0.631. The molecule has 1 saturated carbocycles. The van der Waals surface area contributed by atoms with Gasteiger partial charge in [0.1, 0.15) is 4.83 Å². The van der Waals surface area contributed by atoms with Crippen molar-refractivity contribution in [1.29, 1.82) is 5.41 Å². The van der Waals surface area contributed by atoms with Crippen molar-refractivity contribution in [2.45, 2.75) is 68.8 Å². The molecule has 3 heterocycles. The van der Waals surface area contributed by atoms with Crippen LogP contribution in [0.4, 0.5) is 5.69 Å². The molecule has 31 heavy (non-hydrogen) atoms. The van der Waals surface area contributed by atoms with E-state index in [4.69, 9.17) is 16.1 Å². The minimum Gasteiger partial charge on any atom is -0.397 e. The van der Waals surface area contributed by atoms with Gasteiger partial charge in [0, 0.05) is 40.4 Å². The molecule has 164 valence electrons. The maximum absolute atomic E-state index is 7.66. The molecule has 0 amide bonds. The molecule has 5 nitrogen and oxygen atoms in total. The number of pyridine rings is 1. The average molecular weight is 454 g/mol. The Labute approximate surface area is 193 Å². The second kappa shape index (κ2) is 11.4. The molecule has 0 bridgehead atoms. The van der Waals surface area contributed by atoms with Crippen LogP contribution in [-0.4, -0.2) is 26.4 Å². The number of nitrogen functional groups attached to an aromatic ring is 1. The third kappa shape index (κ3) is 5.52. The fraction of sp³-hybridized carbons (Fsp3) is 0.417. The SMILES string of the molecule is C/C=C(\C=N)c1cc(-c2ncccn2)c2c(N)c(SC3CCC3)sc2n1.CCCCC. The summed E-state index contributed by atoms with van der Waals surface area (Å²) in [6, 6.07) is 3.74. The zero-order chi connectivity index (χ0) is 22.2. The molecule has 3 aromatic rings. The van der Waals surface area contributed by atoms with Crippen molar-refractivity contribution in [2.24, 2.45) is 0 Å². The van der Waals surface area contributed by atoms with Gasteiger partial charge in [0.05, 0.1) is 15.6 Å². The summed E-state index contributed by atoms with van der Waals surface area (Å²) in [5, 5.41) is 9.25. The first-order valence-electron chi connectivity index (χ1n) is 11.0. The van der Waals surface area contributed by atoms with Crippen molar-refractivity contribution in [3.8, 4) is 11.4 Å². The van der Waals surface area contributed by atoms with E-state index < -0.39 is 0 Å². The Balaban J connectivity index is 0.000000491. The third-order valence-corrected chi connectivity index (χ3v) is 7.94. The first kappa shape index (κ1) is 23.4. The number of thioether (sulfide) groups is 1. The summed E-state index contributed by atoms with van der Waals surface area (Å²) in [6.07, 6.45) is 14.6. The standard InChI is InChI=1S/C19H19N5S2.C5H12/c1-2-11(10-20)14-9-13(17-22-7-4-8-23-17)15-16(21)19(26-18(15)24-14)25-12-5-3-6-12;1-3-5-4-2/h2,4,7-10,12,20H,3,5-6,21H2,1H3;3-5H2,1-2H3/b11-2+,20-10?;. The number of nitrogens with zero attached hydrogens (tertiary/aromatic N) is 3. The molecule has 0 aliphatic heterocycles. The Bertz CT molecular complexity index is 1040. The first-order valence-corrected chi connectivity index (χ1v) is 12.7. The molecular formula is C24H31N5S2. The van der Waals surface area contributed by atoms with Crippen molar-refractivity contribution in [2.75, 3.05) is 5.73 Å². The van der Waals surface area contributed by atoms with Gasteiger partial charge in [0.15, 0.2) is 5.82 Å². The van der Waals surface area contributed by atoms with Gasteiger partial charge in [0.25, 0.3) is 0 Å². The number of nitrogens with one attached hydrogen (secondary N) is 1. The number of unbranched alkanes of at least 4 members (excludes halogenated alkanes) is 2. The number of fused-ring (bicyclic) bond motifs is 1. The zero-order valence-corrected chi connectivity index (χ0v) is 20.2. The summed E-state index contributed by atoms with van der Waals surface area (Å²) in [4.78, 5) is 14.5. The molecule has 0 radical (unpaired) electrons. The van der Waals surface area contributed by atoms with Gasteiger partial charge >= 0.3 is 0 Å². The lowest BCUT2D eigenvalue weighted by molar-refractivity contribution is 0.522. The number of allylic oxidation sites excluding steroid dienone is 2. The second-order valence-corrected chi connectivity index (χ2v) is 10.1. The number of hydrogen-bond donors (Lipinski definition) is 2. The van der Waals surface area contributed by atoms with Crippen LogP contribution in [0, 0.1) is 5.41 Å². The summed E-state index contributed by atoms with van der Waals surface area (Å²) in [5.74, 6) is 0.631. The van der Waals surface area contributed by atoms with Crippen LogP contribution in [0.15, 0.2) is 34.8 Å². The first-order chi connectivity index (χ1) is 15.1. The molecule has 3 aromatic heterocycles. The maximum Gasteiger partial charge on any atom is 0.159 e. The van der Waals surface area contributed by atoms with Crippen LogP contribution in [0.3, 0.4) is 0 Å². The molecule has 1 aliphatic carbocycles. The van der Waals surface area contributed by atoms with E-state index in [-0.39, 0.29) is 0 Å². The molecule has 7 heteroatoms. The van der Waals surface area contributed by atoms with Gasteiger partial charge in [-0.25, -0.2) is 15.0 Å². The van der Waals surface area contributed by atoms with Crippen LogP contribution in [0.2, 0.25) is 0 Å². The van der Waals surface area contributed by atoms with E-state index in [1.165, 1.54) is 44.7 Å². The van der Waals surface area contributed by atoms with Crippen LogP contribution in [-0.2, 0) is 0 Å². The highest BCUT2D eigenvalue weighted by atomic mass is 32.2. The molecule has 0 aromatic carbocycles. The highest BCUT2D eigenvalue weighted by Crippen LogP contribution is 2.48. The minimum atomic E-state index is 0.631. The lowest BCUT2D eigenvalue weighted by Crippen LogP contribution is -2.12. The molecule has 0 atom stereocenters. The maximum atomic E-state index is 7.66. The quantitative estimate of drug-likeness (QED) is 0.368. The molecule has 0 spiro atoms. The van der Waals surface area contributed by atoms with E-state index in [1.54, 1.807) is 29.8 Å². The molecule has 3 N–H and O–H groups in total. The molecule has 0 saturated heterocycles. The number of nitrogens with two attached hydrogens (primary N) is 1. The summed E-state index contributed by atoms with van der Waals surface area (Å²) in [6.45, 7) is 6.33. The normalized spacial score (nSPS) is 14.1. The van der Waals surface area contributed by atoms with E-state index in [0.717, 1.165) is 36.9 Å². The van der Waals surface area contributed by atoms with Crippen molar-refractivity contribution < 1.29 is 0 Å². The van der Waals surface area contributed by atoms with Gasteiger partial charge in [-0.1, -0.05) is 45.6 Å². The Kier molecular flexibility index (Phi) is 8.60. The number of thiophene rings is 1. The highest BCUT2D eigenvalue weighted by molar-refractivity contribution is 8.02. The molecule has 1 fully saturated rings. The number of anilines is 1. The Morgan fingerprint density at radius 1 is 1.26 bits per heavy atom. The van der Waals surface area contributed by atoms with Crippen molar-refractivity contribution >= 4 is 50.8 Å². The van der Waals surface area contributed by atoms with Crippen LogP contribution in [0.5, 0.6) is 0 Å². The van der Waals surface area contributed by atoms with Crippen molar-refractivity contribution in [1.82, 2.24) is 15.0 Å². The fourth-order valence-electron chi connectivity index (χ4n) is 3.25. The van der Waals surface area contributed by atoms with E-state index >= 15 is 0 Å². The van der Waals surface area contributed by atoms with Crippen molar-refractivity contribution in [3.05, 3.63) is 36.3 Å². The molecule has 0 unspecified atom stereocenters. The van der Waals surface area contributed by atoms with Gasteiger partial charge in [-0.2, -0.15) is 0 Å². The fourth-order valence-corrected chi connectivity index (χ4v) is 6.04. The van der Waals surface area contributed by atoms with E-state index in [1.807, 2.05) is 30.8 Å². The molecular weight excluding hydrogens is 422 g/mol. The Hall–Kier alpha value is -2.25. The number of hydrogen-bond acceptors (Lipinski definition) is 7. The lowest BCUT2D eigenvalue weighted by Gasteiger charge is -2.23. The smallest absolute Gasteiger partial charge is 0.159 e. The predicted octanol–water partition coefficient (Wildman–Crippen LogP) is 7.23. The van der Waals surface area contributed by atoms with Gasteiger partial charge in [0.2, 0.25) is 0 Å². The van der Waals surface area contributed by atoms with Crippen LogP contribution >= 0.6 is 23.1 Å². The second-order valence-electron chi connectivity index (χ2n) is 7.52. The van der Waals surface area contributed by atoms with Crippen LogP contribution < -0.4 is 5.73 Å². The lowest BCUT2D eigenvalue weighted by atomic mass is 10.0. The summed E-state index contributed by atoms with van der Waals surface area (Å²) in [7, 11) is 0. The number of aromatic nitrogens is 3. The predicted molar refractivity (Wildman–Crippen MR) is 136 cm³/mol. The van der Waals surface area contributed by atoms with E-state index in [9.17, 15) is 0 Å². The summed E-state index contributed by atoms with van der Waals surface area (Å²) >= 11 is 3.50. The summed E-state index contributed by atoms with van der Waals surface area (Å²) in [5.41, 5.74) is 9.70. The van der Waals surface area contributed by atoms with Gasteiger partial charge in [-0.05, 0) is 31.9 Å².